The molecular weight excluding hydrogens is 370 g/mol. The maximum Gasteiger partial charge on any atom is 0.238 e. The zero-order valence-corrected chi connectivity index (χ0v) is 16.7. The average molecular weight is 397 g/mol. The Morgan fingerprint density at radius 2 is 2.17 bits per heavy atom. The van der Waals surface area contributed by atoms with Crippen molar-refractivity contribution in [1.29, 1.82) is 0 Å². The maximum absolute atomic E-state index is 12.5. The SMILES string of the molecule is COC1CCN(CC(=O)Nc2ccc(Oc3cccnc3)cc2)CC12CCCO2. The van der Waals surface area contributed by atoms with Gasteiger partial charge in [-0.15, -0.1) is 0 Å². The van der Waals surface area contributed by atoms with E-state index in [0.29, 0.717) is 18.0 Å². The van der Waals surface area contributed by atoms with E-state index in [1.807, 2.05) is 36.4 Å². The van der Waals surface area contributed by atoms with Crippen LogP contribution in [0, 0.1) is 0 Å². The van der Waals surface area contributed by atoms with Crippen molar-refractivity contribution in [2.24, 2.45) is 0 Å². The number of amides is 1. The number of anilines is 1. The molecule has 0 radical (unpaired) electrons. The summed E-state index contributed by atoms with van der Waals surface area (Å²) in [4.78, 5) is 18.7. The second-order valence-corrected chi connectivity index (χ2v) is 7.60. The van der Waals surface area contributed by atoms with Gasteiger partial charge in [0, 0.05) is 38.7 Å². The Labute approximate surface area is 171 Å². The van der Waals surface area contributed by atoms with Gasteiger partial charge in [-0.25, -0.2) is 0 Å². The number of carbonyl (C=O) groups excluding carboxylic acids is 1. The van der Waals surface area contributed by atoms with Crippen LogP contribution in [0.1, 0.15) is 19.3 Å². The van der Waals surface area contributed by atoms with E-state index in [4.69, 9.17) is 14.2 Å². The lowest BCUT2D eigenvalue weighted by Gasteiger charge is -2.44. The molecule has 7 heteroatoms. The number of likely N-dealkylation sites (tertiary alicyclic amines) is 1. The number of methoxy groups -OCH3 is 1. The Kier molecular flexibility index (Phi) is 6.08. The van der Waals surface area contributed by atoms with Gasteiger partial charge in [0.05, 0.1) is 18.8 Å². The minimum absolute atomic E-state index is 0.0325. The molecule has 2 unspecified atom stereocenters. The van der Waals surface area contributed by atoms with Crippen LogP contribution in [0.4, 0.5) is 5.69 Å². The second kappa shape index (κ2) is 8.90. The number of piperidine rings is 1. The van der Waals surface area contributed by atoms with Crippen molar-refractivity contribution < 1.29 is 19.0 Å². The molecule has 3 heterocycles. The van der Waals surface area contributed by atoms with E-state index in [1.165, 1.54) is 0 Å². The molecule has 29 heavy (non-hydrogen) atoms. The third kappa shape index (κ3) is 4.75. The normalized spacial score (nSPS) is 24.5. The molecular formula is C22H27N3O4. The van der Waals surface area contributed by atoms with Crippen molar-refractivity contribution in [2.45, 2.75) is 31.0 Å². The molecule has 1 aromatic carbocycles. The van der Waals surface area contributed by atoms with E-state index in [9.17, 15) is 4.79 Å². The second-order valence-electron chi connectivity index (χ2n) is 7.60. The number of hydrogen-bond acceptors (Lipinski definition) is 6. The third-order valence-corrected chi connectivity index (χ3v) is 5.58. The lowest BCUT2D eigenvalue weighted by atomic mass is 9.87. The molecule has 2 saturated heterocycles. The van der Waals surface area contributed by atoms with Crippen molar-refractivity contribution in [3.05, 3.63) is 48.8 Å². The molecule has 2 aliphatic heterocycles. The summed E-state index contributed by atoms with van der Waals surface area (Å²) in [5.41, 5.74) is 0.477. The molecule has 2 atom stereocenters. The Hall–Kier alpha value is -2.48. The van der Waals surface area contributed by atoms with Gasteiger partial charge in [0.1, 0.15) is 17.1 Å². The van der Waals surface area contributed by atoms with Crippen LogP contribution in [0.15, 0.2) is 48.8 Å². The Balaban J connectivity index is 1.30. The number of pyridine rings is 1. The van der Waals surface area contributed by atoms with E-state index >= 15 is 0 Å². The third-order valence-electron chi connectivity index (χ3n) is 5.58. The molecule has 1 spiro atoms. The number of aromatic nitrogens is 1. The monoisotopic (exact) mass is 397 g/mol. The summed E-state index contributed by atoms with van der Waals surface area (Å²) >= 11 is 0. The van der Waals surface area contributed by atoms with Gasteiger partial charge in [-0.05, 0) is 55.7 Å². The number of carbonyl (C=O) groups is 1. The highest BCUT2D eigenvalue weighted by atomic mass is 16.6. The summed E-state index contributed by atoms with van der Waals surface area (Å²) in [7, 11) is 1.75. The summed E-state index contributed by atoms with van der Waals surface area (Å²) in [5.74, 6) is 1.33. The van der Waals surface area contributed by atoms with Crippen LogP contribution in [0.2, 0.25) is 0 Å². The van der Waals surface area contributed by atoms with Crippen LogP contribution < -0.4 is 10.1 Å². The predicted molar refractivity (Wildman–Crippen MR) is 109 cm³/mol. The Morgan fingerprint density at radius 3 is 2.86 bits per heavy atom. The fraction of sp³-hybridized carbons (Fsp3) is 0.455. The number of ether oxygens (including phenoxy) is 3. The lowest BCUT2D eigenvalue weighted by Crippen LogP contribution is -2.58. The van der Waals surface area contributed by atoms with Crippen molar-refractivity contribution in [3.8, 4) is 11.5 Å². The molecule has 0 saturated carbocycles. The fourth-order valence-electron chi connectivity index (χ4n) is 4.24. The van der Waals surface area contributed by atoms with Gasteiger partial charge in [0.15, 0.2) is 0 Å². The van der Waals surface area contributed by atoms with Gasteiger partial charge in [-0.1, -0.05) is 0 Å². The van der Waals surface area contributed by atoms with Crippen LogP contribution in [0.5, 0.6) is 11.5 Å². The van der Waals surface area contributed by atoms with Crippen LogP contribution in [0.25, 0.3) is 0 Å². The molecule has 7 nitrogen and oxygen atoms in total. The first-order valence-corrected chi connectivity index (χ1v) is 10.0. The Morgan fingerprint density at radius 1 is 1.31 bits per heavy atom. The zero-order chi connectivity index (χ0) is 20.1. The quantitative estimate of drug-likeness (QED) is 0.808. The van der Waals surface area contributed by atoms with Crippen molar-refractivity contribution in [3.63, 3.8) is 0 Å². The fourth-order valence-corrected chi connectivity index (χ4v) is 4.24. The number of benzene rings is 1. The highest BCUT2D eigenvalue weighted by Crippen LogP contribution is 2.36. The molecule has 2 aliphatic rings. The summed E-state index contributed by atoms with van der Waals surface area (Å²) in [5, 5.41) is 2.96. The maximum atomic E-state index is 12.5. The van der Waals surface area contributed by atoms with Crippen LogP contribution in [-0.2, 0) is 14.3 Å². The van der Waals surface area contributed by atoms with Gasteiger partial charge in [0.2, 0.25) is 5.91 Å². The van der Waals surface area contributed by atoms with Gasteiger partial charge >= 0.3 is 0 Å². The van der Waals surface area contributed by atoms with E-state index < -0.39 is 0 Å². The molecule has 1 amide bonds. The summed E-state index contributed by atoms with van der Waals surface area (Å²) in [6, 6.07) is 11.0. The molecule has 1 N–H and O–H groups in total. The topological polar surface area (TPSA) is 72.9 Å². The average Bonchev–Trinajstić information content (AvgIpc) is 3.19. The largest absolute Gasteiger partial charge is 0.456 e. The number of nitrogens with zero attached hydrogens (tertiary/aromatic N) is 2. The molecule has 0 bridgehead atoms. The standard InChI is InChI=1S/C22H27N3O4/c1-27-20-9-12-25(16-22(20)10-3-13-28-22)15-21(26)24-17-5-7-18(8-6-17)29-19-4-2-11-23-14-19/h2,4-8,11,14,20H,3,9-10,12-13,15-16H2,1H3,(H,24,26). The van der Waals surface area contributed by atoms with Crippen molar-refractivity contribution >= 4 is 11.6 Å². The molecule has 4 rings (SSSR count). The molecule has 0 aliphatic carbocycles. The molecule has 2 fully saturated rings. The number of nitrogens with one attached hydrogen (secondary N) is 1. The summed E-state index contributed by atoms with van der Waals surface area (Å²) < 4.78 is 17.4. The van der Waals surface area contributed by atoms with Crippen LogP contribution in [-0.4, -0.2) is 60.8 Å². The highest BCUT2D eigenvalue weighted by Gasteiger charge is 2.47. The smallest absolute Gasteiger partial charge is 0.238 e. The van der Waals surface area contributed by atoms with Gasteiger partial charge in [-0.3, -0.25) is 14.7 Å². The van der Waals surface area contributed by atoms with Gasteiger partial charge < -0.3 is 19.5 Å². The first-order valence-electron chi connectivity index (χ1n) is 10.0. The highest BCUT2D eigenvalue weighted by molar-refractivity contribution is 5.92. The van der Waals surface area contributed by atoms with Crippen molar-refractivity contribution in [1.82, 2.24) is 9.88 Å². The number of rotatable bonds is 6. The number of hydrogen-bond donors (Lipinski definition) is 1. The predicted octanol–water partition coefficient (Wildman–Crippen LogP) is 3.08. The van der Waals surface area contributed by atoms with Gasteiger partial charge in [0.25, 0.3) is 0 Å². The van der Waals surface area contributed by atoms with E-state index in [0.717, 1.165) is 44.6 Å². The van der Waals surface area contributed by atoms with Crippen LogP contribution in [0.3, 0.4) is 0 Å². The van der Waals surface area contributed by atoms with E-state index in [-0.39, 0.29) is 17.6 Å². The summed E-state index contributed by atoms with van der Waals surface area (Å²) in [6.07, 6.45) is 6.38. The zero-order valence-electron chi connectivity index (χ0n) is 16.7. The minimum atomic E-state index is -0.265. The van der Waals surface area contributed by atoms with E-state index in [1.54, 1.807) is 19.5 Å². The van der Waals surface area contributed by atoms with E-state index in [2.05, 4.69) is 15.2 Å². The van der Waals surface area contributed by atoms with Gasteiger partial charge in [-0.2, -0.15) is 0 Å². The minimum Gasteiger partial charge on any atom is -0.456 e. The Bertz CT molecular complexity index is 807. The van der Waals surface area contributed by atoms with Crippen molar-refractivity contribution in [2.75, 3.05) is 38.7 Å². The molecule has 154 valence electrons. The first kappa shape index (κ1) is 19.8. The molecule has 1 aromatic heterocycles. The van der Waals surface area contributed by atoms with Crippen LogP contribution >= 0.6 is 0 Å². The first-order chi connectivity index (χ1) is 14.2. The molecule has 2 aromatic rings. The lowest BCUT2D eigenvalue weighted by molar-refractivity contribution is -0.146. The summed E-state index contributed by atoms with van der Waals surface area (Å²) in [6.45, 7) is 2.68.